The first-order valence-corrected chi connectivity index (χ1v) is 3.74. The fourth-order valence-electron chi connectivity index (χ4n) is 0.849. The van der Waals surface area contributed by atoms with E-state index in [-0.39, 0.29) is 22.7 Å². The number of benzene rings is 1. The van der Waals surface area contributed by atoms with E-state index < -0.39 is 6.18 Å². The molecule has 0 heterocycles. The highest BCUT2D eigenvalue weighted by molar-refractivity contribution is 6.31. The van der Waals surface area contributed by atoms with E-state index in [0.29, 0.717) is 0 Å². The summed E-state index contributed by atoms with van der Waals surface area (Å²) in [5.41, 5.74) is 5.43. The molecule has 1 rings (SSSR count). The molecule has 13 heavy (non-hydrogen) atoms. The van der Waals surface area contributed by atoms with E-state index in [9.17, 15) is 13.2 Å². The molecule has 5 heteroatoms. The summed E-state index contributed by atoms with van der Waals surface area (Å²) in [6, 6.07) is 3.94. The van der Waals surface area contributed by atoms with Gasteiger partial charge in [-0.25, -0.2) is 0 Å². The normalized spacial score (nSPS) is 11.7. The summed E-state index contributed by atoms with van der Waals surface area (Å²) >= 11 is 5.52. The van der Waals surface area contributed by atoms with Crippen LogP contribution >= 0.6 is 11.6 Å². The molecule has 0 unspecified atom stereocenters. The largest absolute Gasteiger partial charge is 0.399 e. The smallest absolute Gasteiger partial charge is 0.396 e. The Labute approximate surface area is 78.3 Å². The van der Waals surface area contributed by atoms with Gasteiger partial charge in [-0.05, 0) is 23.8 Å². The molecule has 71 valence electrons. The molecule has 0 saturated carbocycles. The first kappa shape index (κ1) is 10.2. The first-order valence-electron chi connectivity index (χ1n) is 3.36. The minimum atomic E-state index is -4.38. The van der Waals surface area contributed by atoms with E-state index in [0.717, 1.165) is 0 Å². The molecule has 0 aliphatic carbocycles. The molecule has 0 saturated heterocycles. The van der Waals surface area contributed by atoms with Crippen molar-refractivity contribution in [3.63, 3.8) is 0 Å². The Bertz CT molecular complexity index is 309. The maximum Gasteiger partial charge on any atom is 0.396 e. The SMILES string of the molecule is Nc1ccc(Cl)c([CH]C(F)(F)F)c1. The highest BCUT2D eigenvalue weighted by atomic mass is 35.5. The third kappa shape index (κ3) is 3.14. The predicted octanol–water partition coefficient (Wildman–Crippen LogP) is 3.04. The second kappa shape index (κ2) is 3.46. The summed E-state index contributed by atoms with van der Waals surface area (Å²) < 4.78 is 35.7. The lowest BCUT2D eigenvalue weighted by atomic mass is 10.1. The van der Waals surface area contributed by atoms with Gasteiger partial charge < -0.3 is 5.73 Å². The molecule has 0 spiro atoms. The monoisotopic (exact) mass is 208 g/mol. The van der Waals surface area contributed by atoms with Gasteiger partial charge >= 0.3 is 6.18 Å². The van der Waals surface area contributed by atoms with Crippen LogP contribution in [0.1, 0.15) is 5.56 Å². The Hall–Kier alpha value is -0.900. The van der Waals surface area contributed by atoms with Crippen molar-refractivity contribution in [1.82, 2.24) is 0 Å². The topological polar surface area (TPSA) is 26.0 Å². The standard InChI is InChI=1S/C8H6ClF3N/c9-7-2-1-6(13)3-5(7)4-8(10,11)12/h1-4H,13H2. The summed E-state index contributed by atoms with van der Waals surface area (Å²) in [6.07, 6.45) is -4.26. The van der Waals surface area contributed by atoms with Gasteiger partial charge in [0.25, 0.3) is 0 Å². The van der Waals surface area contributed by atoms with Gasteiger partial charge in [0, 0.05) is 10.7 Å². The van der Waals surface area contributed by atoms with Crippen LogP contribution in [0.4, 0.5) is 18.9 Å². The molecule has 0 fully saturated rings. The zero-order valence-electron chi connectivity index (χ0n) is 6.40. The fraction of sp³-hybridized carbons (Fsp3) is 0.125. The number of hydrogen-bond acceptors (Lipinski definition) is 1. The lowest BCUT2D eigenvalue weighted by Crippen LogP contribution is -2.09. The molecule has 1 aromatic carbocycles. The van der Waals surface area contributed by atoms with Crippen LogP contribution in [-0.2, 0) is 0 Å². The average Bonchev–Trinajstić information content (AvgIpc) is 1.94. The molecule has 0 aliphatic heterocycles. The van der Waals surface area contributed by atoms with E-state index in [1.807, 2.05) is 0 Å². The molecule has 0 atom stereocenters. The van der Waals surface area contributed by atoms with Crippen LogP contribution in [0.2, 0.25) is 5.02 Å². The Morgan fingerprint density at radius 1 is 1.31 bits per heavy atom. The van der Waals surface area contributed by atoms with Crippen molar-refractivity contribution in [2.24, 2.45) is 0 Å². The molecule has 0 amide bonds. The van der Waals surface area contributed by atoms with E-state index in [2.05, 4.69) is 0 Å². The molecule has 1 radical (unpaired) electrons. The second-order valence-corrected chi connectivity index (χ2v) is 2.87. The Balaban J connectivity index is 2.94. The van der Waals surface area contributed by atoms with E-state index in [1.54, 1.807) is 0 Å². The molecule has 0 bridgehead atoms. The lowest BCUT2D eigenvalue weighted by molar-refractivity contribution is -0.0927. The molecule has 2 N–H and O–H groups in total. The van der Waals surface area contributed by atoms with Crippen LogP contribution in [0.25, 0.3) is 0 Å². The van der Waals surface area contributed by atoms with Gasteiger partial charge in [-0.1, -0.05) is 11.6 Å². The molecular formula is C8H6ClF3N. The summed E-state index contributed by atoms with van der Waals surface area (Å²) in [6.45, 7) is 0. The minimum Gasteiger partial charge on any atom is -0.399 e. The Kier molecular flexibility index (Phi) is 2.71. The predicted molar refractivity (Wildman–Crippen MR) is 45.3 cm³/mol. The van der Waals surface area contributed by atoms with E-state index in [1.165, 1.54) is 18.2 Å². The van der Waals surface area contributed by atoms with E-state index in [4.69, 9.17) is 17.3 Å². The number of hydrogen-bond donors (Lipinski definition) is 1. The highest BCUT2D eigenvalue weighted by Gasteiger charge is 2.29. The van der Waals surface area contributed by atoms with Gasteiger partial charge in [-0.3, -0.25) is 0 Å². The van der Waals surface area contributed by atoms with E-state index >= 15 is 0 Å². The van der Waals surface area contributed by atoms with Crippen LogP contribution in [0.3, 0.4) is 0 Å². The van der Waals surface area contributed by atoms with Gasteiger partial charge in [0.1, 0.15) is 0 Å². The third-order valence-electron chi connectivity index (χ3n) is 1.34. The van der Waals surface area contributed by atoms with Crippen molar-refractivity contribution < 1.29 is 13.2 Å². The number of rotatable bonds is 1. The Morgan fingerprint density at radius 2 is 1.92 bits per heavy atom. The summed E-state index contributed by atoms with van der Waals surface area (Å²) in [5.74, 6) is 0. The van der Waals surface area contributed by atoms with Gasteiger partial charge in [-0.2, -0.15) is 13.2 Å². The maximum absolute atomic E-state index is 11.9. The lowest BCUT2D eigenvalue weighted by Gasteiger charge is -2.07. The summed E-state index contributed by atoms with van der Waals surface area (Å²) in [5, 5.41) is 0.0338. The molecule has 0 aromatic heterocycles. The Morgan fingerprint density at radius 3 is 2.46 bits per heavy atom. The van der Waals surface area contributed by atoms with Crippen LogP contribution in [0.15, 0.2) is 18.2 Å². The van der Waals surface area contributed by atoms with Crippen molar-refractivity contribution in [3.05, 3.63) is 35.2 Å². The van der Waals surface area contributed by atoms with Gasteiger partial charge in [0.05, 0.1) is 6.42 Å². The average molecular weight is 209 g/mol. The first-order chi connectivity index (χ1) is 5.88. The summed E-state index contributed by atoms with van der Waals surface area (Å²) in [7, 11) is 0. The minimum absolute atomic E-state index is 0.0338. The quantitative estimate of drug-likeness (QED) is 0.706. The molecule has 1 aromatic rings. The second-order valence-electron chi connectivity index (χ2n) is 2.47. The van der Waals surface area contributed by atoms with Crippen LogP contribution in [0, 0.1) is 6.42 Å². The van der Waals surface area contributed by atoms with Crippen molar-refractivity contribution in [2.45, 2.75) is 6.18 Å². The van der Waals surface area contributed by atoms with Crippen LogP contribution < -0.4 is 5.73 Å². The summed E-state index contributed by atoms with van der Waals surface area (Å²) in [4.78, 5) is 0. The molecule has 1 nitrogen and oxygen atoms in total. The zero-order valence-corrected chi connectivity index (χ0v) is 7.15. The highest BCUT2D eigenvalue weighted by Crippen LogP contribution is 2.29. The van der Waals surface area contributed by atoms with Crippen molar-refractivity contribution in [1.29, 1.82) is 0 Å². The van der Waals surface area contributed by atoms with Crippen molar-refractivity contribution in [2.75, 3.05) is 5.73 Å². The number of anilines is 1. The van der Waals surface area contributed by atoms with Gasteiger partial charge in [0.15, 0.2) is 0 Å². The van der Waals surface area contributed by atoms with Gasteiger partial charge in [-0.15, -0.1) is 0 Å². The molecule has 0 aliphatic rings. The van der Waals surface area contributed by atoms with Crippen LogP contribution in [-0.4, -0.2) is 6.18 Å². The van der Waals surface area contributed by atoms with Crippen molar-refractivity contribution >= 4 is 17.3 Å². The number of nitrogens with two attached hydrogens (primary N) is 1. The van der Waals surface area contributed by atoms with Gasteiger partial charge in [0.2, 0.25) is 0 Å². The zero-order chi connectivity index (χ0) is 10.1. The van der Waals surface area contributed by atoms with Crippen molar-refractivity contribution in [3.8, 4) is 0 Å². The number of nitrogen functional groups attached to an aromatic ring is 1. The molecular weight excluding hydrogens is 203 g/mol. The van der Waals surface area contributed by atoms with Crippen LogP contribution in [0.5, 0.6) is 0 Å². The number of alkyl halides is 3. The maximum atomic E-state index is 11.9. The third-order valence-corrected chi connectivity index (χ3v) is 1.68. The number of halogens is 4. The fourth-order valence-corrected chi connectivity index (χ4v) is 1.02.